The number of nitrogens with one attached hydrogen (secondary N) is 1. The van der Waals surface area contributed by atoms with Gasteiger partial charge in [-0.2, -0.15) is 10.2 Å². The van der Waals surface area contributed by atoms with E-state index in [0.717, 1.165) is 22.5 Å². The third-order valence-electron chi connectivity index (χ3n) is 4.43. The van der Waals surface area contributed by atoms with Crippen LogP contribution in [0.5, 0.6) is 0 Å². The van der Waals surface area contributed by atoms with E-state index in [2.05, 4.69) is 10.4 Å². The summed E-state index contributed by atoms with van der Waals surface area (Å²) in [6.07, 6.45) is 3.66. The average Bonchev–Trinajstić information content (AvgIpc) is 3.41. The van der Waals surface area contributed by atoms with Crippen molar-refractivity contribution >= 4 is 5.91 Å². The van der Waals surface area contributed by atoms with Crippen LogP contribution < -0.4 is 5.32 Å². The lowest BCUT2D eigenvalue weighted by Crippen LogP contribution is -2.23. The number of para-hydroxylation sites is 1. The molecule has 0 aliphatic carbocycles. The number of hydrogen-bond acceptors (Lipinski definition) is 4. The molecule has 0 aliphatic heterocycles. The molecule has 1 N–H and O–H groups in total. The zero-order valence-electron chi connectivity index (χ0n) is 16.0. The van der Waals surface area contributed by atoms with E-state index in [1.54, 1.807) is 24.1 Å². The van der Waals surface area contributed by atoms with Crippen LogP contribution in [-0.4, -0.2) is 32.6 Å². The van der Waals surface area contributed by atoms with Crippen molar-refractivity contribution in [1.29, 1.82) is 0 Å². The molecule has 2 aromatic carbocycles. The van der Waals surface area contributed by atoms with Crippen molar-refractivity contribution in [1.82, 2.24) is 24.9 Å². The highest BCUT2D eigenvalue weighted by Crippen LogP contribution is 2.23. The number of carbonyl (C=O) groups excluding carboxylic acids is 1. The number of ether oxygens (including phenoxy) is 1. The smallest absolute Gasteiger partial charge is 0.272 e. The fourth-order valence-corrected chi connectivity index (χ4v) is 3.04. The number of carbonyl (C=O) groups is 1. The number of amides is 1. The number of nitrogens with zero attached hydrogens (tertiary/aromatic N) is 4. The quantitative estimate of drug-likeness (QED) is 0.528. The summed E-state index contributed by atoms with van der Waals surface area (Å²) < 4.78 is 8.42. The third kappa shape index (κ3) is 4.25. The van der Waals surface area contributed by atoms with Gasteiger partial charge in [0.1, 0.15) is 12.4 Å². The predicted octanol–water partition coefficient (Wildman–Crippen LogP) is 3.27. The topological polar surface area (TPSA) is 74.0 Å². The van der Waals surface area contributed by atoms with Crippen LogP contribution in [0.2, 0.25) is 0 Å². The molecule has 146 valence electrons. The fourth-order valence-electron chi connectivity index (χ4n) is 3.04. The average molecular weight is 387 g/mol. The van der Waals surface area contributed by atoms with E-state index in [9.17, 15) is 4.79 Å². The molecular weight excluding hydrogens is 366 g/mol. The Morgan fingerprint density at radius 2 is 1.72 bits per heavy atom. The Morgan fingerprint density at radius 3 is 2.45 bits per heavy atom. The van der Waals surface area contributed by atoms with Crippen molar-refractivity contribution in [3.8, 4) is 16.9 Å². The first-order valence-electron chi connectivity index (χ1n) is 9.24. The second kappa shape index (κ2) is 8.53. The van der Waals surface area contributed by atoms with Crippen LogP contribution in [0.15, 0.2) is 79.1 Å². The van der Waals surface area contributed by atoms with Gasteiger partial charge < -0.3 is 10.1 Å². The molecule has 0 aliphatic rings. The van der Waals surface area contributed by atoms with Gasteiger partial charge in [0.25, 0.3) is 5.91 Å². The standard InChI is InChI=1S/C22H21N5O2/c1-29-16-26-13-12-20(24-26)22(28)23-14-18-15-27(19-10-6-3-7-11-19)25-21(18)17-8-4-2-5-9-17/h2-13,15H,14,16H2,1H3,(H,23,28). The summed E-state index contributed by atoms with van der Waals surface area (Å²) in [6.45, 7) is 0.641. The molecule has 2 heterocycles. The Morgan fingerprint density at radius 1 is 1.00 bits per heavy atom. The predicted molar refractivity (Wildman–Crippen MR) is 109 cm³/mol. The minimum absolute atomic E-state index is 0.244. The van der Waals surface area contributed by atoms with Crippen molar-refractivity contribution in [3.63, 3.8) is 0 Å². The normalized spacial score (nSPS) is 10.8. The lowest BCUT2D eigenvalue weighted by molar-refractivity contribution is 0.0938. The molecule has 0 bridgehead atoms. The van der Waals surface area contributed by atoms with Crippen molar-refractivity contribution in [3.05, 3.63) is 90.4 Å². The molecule has 2 aromatic heterocycles. The maximum absolute atomic E-state index is 12.5. The maximum Gasteiger partial charge on any atom is 0.272 e. The molecule has 7 nitrogen and oxygen atoms in total. The molecule has 4 aromatic rings. The molecule has 1 amide bonds. The van der Waals surface area contributed by atoms with Crippen molar-refractivity contribution in [2.75, 3.05) is 7.11 Å². The fraction of sp³-hybridized carbons (Fsp3) is 0.136. The van der Waals surface area contributed by atoms with Crippen LogP contribution in [-0.2, 0) is 18.0 Å². The molecule has 4 rings (SSSR count). The van der Waals surface area contributed by atoms with Crippen LogP contribution in [0.1, 0.15) is 16.1 Å². The SMILES string of the molecule is COCn1ccc(C(=O)NCc2cn(-c3ccccc3)nc2-c2ccccc2)n1. The van der Waals surface area contributed by atoms with E-state index in [4.69, 9.17) is 9.84 Å². The van der Waals surface area contributed by atoms with Crippen LogP contribution in [0.25, 0.3) is 16.9 Å². The molecule has 29 heavy (non-hydrogen) atoms. The number of hydrogen-bond donors (Lipinski definition) is 1. The van der Waals surface area contributed by atoms with Crippen LogP contribution >= 0.6 is 0 Å². The Kier molecular flexibility index (Phi) is 5.49. The Bertz CT molecular complexity index is 1090. The van der Waals surface area contributed by atoms with Gasteiger partial charge >= 0.3 is 0 Å². The Balaban J connectivity index is 1.58. The molecule has 0 fully saturated rings. The largest absolute Gasteiger partial charge is 0.362 e. The molecule has 7 heteroatoms. The minimum atomic E-state index is -0.244. The summed E-state index contributed by atoms with van der Waals surface area (Å²) >= 11 is 0. The van der Waals surface area contributed by atoms with Crippen LogP contribution in [0.4, 0.5) is 0 Å². The van der Waals surface area contributed by atoms with Gasteiger partial charge in [0.2, 0.25) is 0 Å². The summed E-state index contributed by atoms with van der Waals surface area (Å²) in [5, 5.41) is 11.9. The summed E-state index contributed by atoms with van der Waals surface area (Å²) in [4.78, 5) is 12.5. The van der Waals surface area contributed by atoms with Gasteiger partial charge in [-0.15, -0.1) is 0 Å². The van der Waals surface area contributed by atoms with Gasteiger partial charge in [0.15, 0.2) is 0 Å². The highest BCUT2D eigenvalue weighted by Gasteiger charge is 2.15. The van der Waals surface area contributed by atoms with Gasteiger partial charge in [-0.25, -0.2) is 9.36 Å². The third-order valence-corrected chi connectivity index (χ3v) is 4.43. The zero-order chi connectivity index (χ0) is 20.1. The number of aromatic nitrogens is 4. The van der Waals surface area contributed by atoms with E-state index in [1.807, 2.05) is 71.5 Å². The zero-order valence-corrected chi connectivity index (χ0v) is 16.0. The second-order valence-corrected chi connectivity index (χ2v) is 6.49. The van der Waals surface area contributed by atoms with E-state index in [1.165, 1.54) is 0 Å². The van der Waals surface area contributed by atoms with E-state index in [-0.39, 0.29) is 5.91 Å². The van der Waals surface area contributed by atoms with Gasteiger partial charge in [-0.05, 0) is 18.2 Å². The first kappa shape index (κ1) is 18.6. The number of benzene rings is 2. The van der Waals surface area contributed by atoms with Crippen LogP contribution in [0.3, 0.4) is 0 Å². The van der Waals surface area contributed by atoms with Gasteiger partial charge in [0, 0.05) is 37.2 Å². The minimum Gasteiger partial charge on any atom is -0.362 e. The summed E-state index contributed by atoms with van der Waals surface area (Å²) in [5.41, 5.74) is 4.06. The highest BCUT2D eigenvalue weighted by atomic mass is 16.5. The summed E-state index contributed by atoms with van der Waals surface area (Å²) in [6, 6.07) is 21.5. The molecule has 0 saturated heterocycles. The highest BCUT2D eigenvalue weighted by molar-refractivity contribution is 5.92. The van der Waals surface area contributed by atoms with Gasteiger partial charge in [-0.1, -0.05) is 48.5 Å². The van der Waals surface area contributed by atoms with Crippen molar-refractivity contribution < 1.29 is 9.53 Å². The molecule has 0 unspecified atom stereocenters. The van der Waals surface area contributed by atoms with Crippen molar-refractivity contribution in [2.24, 2.45) is 0 Å². The first-order chi connectivity index (χ1) is 14.2. The number of rotatable bonds is 7. The Hall–Kier alpha value is -3.71. The van der Waals surface area contributed by atoms with Crippen LogP contribution in [0, 0.1) is 0 Å². The molecular formula is C22H21N5O2. The lowest BCUT2D eigenvalue weighted by Gasteiger charge is -2.04. The molecule has 0 spiro atoms. The molecule has 0 atom stereocenters. The van der Waals surface area contributed by atoms with Gasteiger partial charge in [0.05, 0.1) is 11.4 Å². The van der Waals surface area contributed by atoms with E-state index >= 15 is 0 Å². The summed E-state index contributed by atoms with van der Waals surface area (Å²) in [5.74, 6) is -0.244. The Labute approximate surface area is 168 Å². The van der Waals surface area contributed by atoms with Gasteiger partial charge in [-0.3, -0.25) is 4.79 Å². The second-order valence-electron chi connectivity index (χ2n) is 6.49. The summed E-state index contributed by atoms with van der Waals surface area (Å²) in [7, 11) is 1.58. The lowest BCUT2D eigenvalue weighted by atomic mass is 10.1. The maximum atomic E-state index is 12.5. The van der Waals surface area contributed by atoms with E-state index < -0.39 is 0 Å². The molecule has 0 saturated carbocycles. The van der Waals surface area contributed by atoms with E-state index in [0.29, 0.717) is 19.0 Å². The van der Waals surface area contributed by atoms with Crippen molar-refractivity contribution in [2.45, 2.75) is 13.3 Å². The monoisotopic (exact) mass is 387 g/mol. The number of methoxy groups -OCH3 is 1. The molecule has 0 radical (unpaired) electrons. The first-order valence-corrected chi connectivity index (χ1v) is 9.24.